The van der Waals surface area contributed by atoms with Crippen molar-refractivity contribution in [1.29, 1.82) is 0 Å². The number of benzene rings is 1. The third-order valence-corrected chi connectivity index (χ3v) is 2.05. The predicted molar refractivity (Wildman–Crippen MR) is 59.1 cm³/mol. The average molecular weight is 254 g/mol. The number of carboxylic acid groups (broad SMARTS) is 1. The Morgan fingerprint density at radius 3 is 2.17 bits per heavy atom. The number of aliphatic carboxylic acids is 1. The van der Waals surface area contributed by atoms with Crippen molar-refractivity contribution in [1.82, 2.24) is 4.90 Å². The van der Waals surface area contributed by atoms with Gasteiger partial charge in [0.1, 0.15) is 18.9 Å². The second-order valence-corrected chi connectivity index (χ2v) is 3.53. The SMILES string of the molecule is NC(=O)CN(CC(=O)O)C(=O)c1ccc(F)cc1. The number of halogens is 1. The molecule has 3 N–H and O–H groups in total. The van der Waals surface area contributed by atoms with E-state index in [2.05, 4.69) is 0 Å². The summed E-state index contributed by atoms with van der Waals surface area (Å²) < 4.78 is 12.7. The maximum absolute atomic E-state index is 12.7. The number of carbonyl (C=O) groups excluding carboxylic acids is 2. The van der Waals surface area contributed by atoms with E-state index in [0.29, 0.717) is 0 Å². The quantitative estimate of drug-likeness (QED) is 0.762. The summed E-state index contributed by atoms with van der Waals surface area (Å²) in [5, 5.41) is 8.63. The van der Waals surface area contributed by atoms with Crippen LogP contribution >= 0.6 is 0 Å². The van der Waals surface area contributed by atoms with Crippen LogP contribution in [0.1, 0.15) is 10.4 Å². The number of amides is 2. The molecule has 6 nitrogen and oxygen atoms in total. The van der Waals surface area contributed by atoms with Gasteiger partial charge in [0, 0.05) is 5.56 Å². The summed E-state index contributed by atoms with van der Waals surface area (Å²) in [6.07, 6.45) is 0. The molecule has 0 aliphatic rings. The van der Waals surface area contributed by atoms with Gasteiger partial charge < -0.3 is 15.7 Å². The lowest BCUT2D eigenvalue weighted by molar-refractivity contribution is -0.138. The minimum absolute atomic E-state index is 0.0823. The van der Waals surface area contributed by atoms with Crippen LogP contribution in [-0.4, -0.2) is 40.9 Å². The van der Waals surface area contributed by atoms with Crippen LogP contribution in [0.4, 0.5) is 4.39 Å². The number of carboxylic acids is 1. The fourth-order valence-corrected chi connectivity index (χ4v) is 1.33. The fourth-order valence-electron chi connectivity index (χ4n) is 1.33. The molecule has 1 aromatic carbocycles. The van der Waals surface area contributed by atoms with Gasteiger partial charge in [-0.2, -0.15) is 0 Å². The topological polar surface area (TPSA) is 101 Å². The molecule has 1 rings (SSSR count). The first-order valence-corrected chi connectivity index (χ1v) is 4.95. The lowest BCUT2D eigenvalue weighted by Crippen LogP contribution is -2.41. The van der Waals surface area contributed by atoms with Gasteiger partial charge in [0.05, 0.1) is 0 Å². The van der Waals surface area contributed by atoms with E-state index >= 15 is 0 Å². The zero-order valence-corrected chi connectivity index (χ0v) is 9.30. The molecule has 0 saturated heterocycles. The van der Waals surface area contributed by atoms with E-state index in [-0.39, 0.29) is 5.56 Å². The molecular weight excluding hydrogens is 243 g/mol. The first-order chi connectivity index (χ1) is 8.40. The van der Waals surface area contributed by atoms with Crippen molar-refractivity contribution in [2.24, 2.45) is 5.73 Å². The van der Waals surface area contributed by atoms with Crippen LogP contribution in [0, 0.1) is 5.82 Å². The van der Waals surface area contributed by atoms with E-state index in [4.69, 9.17) is 10.8 Å². The number of rotatable bonds is 5. The van der Waals surface area contributed by atoms with Gasteiger partial charge in [0.2, 0.25) is 5.91 Å². The summed E-state index contributed by atoms with van der Waals surface area (Å²) in [5.41, 5.74) is 5.01. The van der Waals surface area contributed by atoms with Crippen molar-refractivity contribution >= 4 is 17.8 Å². The van der Waals surface area contributed by atoms with Crippen LogP contribution in [0.15, 0.2) is 24.3 Å². The maximum atomic E-state index is 12.7. The van der Waals surface area contributed by atoms with Gasteiger partial charge >= 0.3 is 5.97 Å². The smallest absolute Gasteiger partial charge is 0.323 e. The normalized spacial score (nSPS) is 9.83. The molecule has 0 heterocycles. The summed E-state index contributed by atoms with van der Waals surface area (Å²) in [6, 6.07) is 4.54. The van der Waals surface area contributed by atoms with Crippen molar-refractivity contribution < 1.29 is 23.9 Å². The third-order valence-electron chi connectivity index (χ3n) is 2.05. The Kier molecular flexibility index (Phi) is 4.36. The van der Waals surface area contributed by atoms with E-state index in [1.54, 1.807) is 0 Å². The zero-order chi connectivity index (χ0) is 13.7. The highest BCUT2D eigenvalue weighted by Gasteiger charge is 2.20. The fraction of sp³-hybridized carbons (Fsp3) is 0.182. The summed E-state index contributed by atoms with van der Waals surface area (Å²) in [5.74, 6) is -3.32. The first-order valence-electron chi connectivity index (χ1n) is 4.95. The Balaban J connectivity index is 2.90. The molecule has 0 atom stereocenters. The summed E-state index contributed by atoms with van der Waals surface area (Å²) >= 11 is 0. The van der Waals surface area contributed by atoms with Gasteiger partial charge in [0.15, 0.2) is 0 Å². The minimum Gasteiger partial charge on any atom is -0.480 e. The number of hydrogen-bond acceptors (Lipinski definition) is 3. The minimum atomic E-state index is -1.27. The van der Waals surface area contributed by atoms with Crippen LogP contribution in [0.5, 0.6) is 0 Å². The van der Waals surface area contributed by atoms with Crippen molar-refractivity contribution in [2.45, 2.75) is 0 Å². The van der Waals surface area contributed by atoms with Gasteiger partial charge in [0.25, 0.3) is 5.91 Å². The van der Waals surface area contributed by atoms with Crippen molar-refractivity contribution in [3.05, 3.63) is 35.6 Å². The predicted octanol–water partition coefficient (Wildman–Crippen LogP) is -0.162. The lowest BCUT2D eigenvalue weighted by atomic mass is 10.2. The Labute approximate surface area is 102 Å². The number of nitrogens with zero attached hydrogens (tertiary/aromatic N) is 1. The van der Waals surface area contributed by atoms with E-state index in [0.717, 1.165) is 17.0 Å². The molecule has 18 heavy (non-hydrogen) atoms. The van der Waals surface area contributed by atoms with Gasteiger partial charge in [-0.05, 0) is 24.3 Å². The highest BCUT2D eigenvalue weighted by molar-refractivity contribution is 5.97. The number of primary amides is 1. The molecule has 7 heteroatoms. The van der Waals surface area contributed by atoms with Gasteiger partial charge in [-0.1, -0.05) is 0 Å². The molecule has 0 unspecified atom stereocenters. The monoisotopic (exact) mass is 254 g/mol. The Morgan fingerprint density at radius 2 is 1.72 bits per heavy atom. The largest absolute Gasteiger partial charge is 0.480 e. The Hall–Kier alpha value is -2.44. The average Bonchev–Trinajstić information content (AvgIpc) is 2.27. The zero-order valence-electron chi connectivity index (χ0n) is 9.30. The summed E-state index contributed by atoms with van der Waals surface area (Å²) in [4.78, 5) is 34.0. The molecule has 0 aliphatic carbocycles. The summed E-state index contributed by atoms with van der Waals surface area (Å²) in [6.45, 7) is -1.17. The van der Waals surface area contributed by atoms with Crippen LogP contribution < -0.4 is 5.73 Å². The van der Waals surface area contributed by atoms with Crippen molar-refractivity contribution in [2.75, 3.05) is 13.1 Å². The molecule has 0 spiro atoms. The van der Waals surface area contributed by atoms with E-state index in [1.165, 1.54) is 12.1 Å². The molecule has 0 bridgehead atoms. The van der Waals surface area contributed by atoms with Gasteiger partial charge in [-0.3, -0.25) is 14.4 Å². The van der Waals surface area contributed by atoms with E-state index in [1.807, 2.05) is 0 Å². The maximum Gasteiger partial charge on any atom is 0.323 e. The lowest BCUT2D eigenvalue weighted by Gasteiger charge is -2.18. The highest BCUT2D eigenvalue weighted by Crippen LogP contribution is 2.06. The standard InChI is InChI=1S/C11H11FN2O4/c12-8-3-1-7(2-4-8)11(18)14(5-9(13)15)6-10(16)17/h1-4H,5-6H2,(H2,13,15)(H,16,17). The van der Waals surface area contributed by atoms with E-state index in [9.17, 15) is 18.8 Å². The molecule has 96 valence electrons. The first kappa shape index (κ1) is 13.6. The molecule has 1 aromatic rings. The van der Waals surface area contributed by atoms with Crippen molar-refractivity contribution in [3.8, 4) is 0 Å². The van der Waals surface area contributed by atoms with Crippen LogP contribution in [0.3, 0.4) is 0 Å². The van der Waals surface area contributed by atoms with Crippen molar-refractivity contribution in [3.63, 3.8) is 0 Å². The number of hydrogen-bond donors (Lipinski definition) is 2. The third kappa shape index (κ3) is 3.85. The van der Waals surface area contributed by atoms with Crippen LogP contribution in [-0.2, 0) is 9.59 Å². The molecule has 0 aromatic heterocycles. The van der Waals surface area contributed by atoms with E-state index < -0.39 is 36.7 Å². The molecule has 2 amide bonds. The van der Waals surface area contributed by atoms with Gasteiger partial charge in [-0.25, -0.2) is 4.39 Å². The second kappa shape index (κ2) is 5.76. The number of nitrogens with two attached hydrogens (primary N) is 1. The van der Waals surface area contributed by atoms with Crippen LogP contribution in [0.25, 0.3) is 0 Å². The second-order valence-electron chi connectivity index (χ2n) is 3.53. The highest BCUT2D eigenvalue weighted by atomic mass is 19.1. The Bertz CT molecular complexity index is 456. The van der Waals surface area contributed by atoms with Gasteiger partial charge in [-0.15, -0.1) is 0 Å². The molecular formula is C11H11FN2O4. The number of carbonyl (C=O) groups is 3. The molecule has 0 aliphatic heterocycles. The summed E-state index contributed by atoms with van der Waals surface area (Å²) in [7, 11) is 0. The van der Waals surface area contributed by atoms with Crippen LogP contribution in [0.2, 0.25) is 0 Å². The Morgan fingerprint density at radius 1 is 1.17 bits per heavy atom. The molecule has 0 fully saturated rings. The molecule has 0 radical (unpaired) electrons. The molecule has 0 saturated carbocycles.